The Morgan fingerprint density at radius 2 is 1.89 bits per heavy atom. The molecular weight excluding hydrogens is 338 g/mol. The summed E-state index contributed by atoms with van der Waals surface area (Å²) in [6.45, 7) is 2.63. The molecule has 0 aliphatic heterocycles. The van der Waals surface area contributed by atoms with Crippen molar-refractivity contribution >= 4 is 27.8 Å². The topological polar surface area (TPSA) is 67.9 Å². The third kappa shape index (κ3) is 2.91. The summed E-state index contributed by atoms with van der Waals surface area (Å²) < 4.78 is 7.21. The summed E-state index contributed by atoms with van der Waals surface area (Å²) in [6.07, 6.45) is 1.70. The number of esters is 1. The van der Waals surface area contributed by atoms with Crippen LogP contribution in [0, 0.1) is 11.3 Å². The molecule has 2 heterocycles. The van der Waals surface area contributed by atoms with Crippen molar-refractivity contribution in [3.05, 3.63) is 77.6 Å². The van der Waals surface area contributed by atoms with Crippen molar-refractivity contribution < 1.29 is 9.53 Å². The minimum absolute atomic E-state index is 0.296. The number of carbonyl (C=O) groups excluding carboxylic acids is 1. The Bertz CT molecular complexity index is 1200. The standard InChI is InChI=1S/C22H17N3O2/c1-2-27-22(26)19-11-18-17-9-5-6-10-20(17)25(21(18)13-24-19)14-16-8-4-3-7-15(16)12-23/h3-11,13H,2,14H2,1H3. The molecule has 0 amide bonds. The lowest BCUT2D eigenvalue weighted by molar-refractivity contribution is 0.0519. The first-order valence-electron chi connectivity index (χ1n) is 8.75. The van der Waals surface area contributed by atoms with Crippen LogP contribution in [0.1, 0.15) is 28.5 Å². The van der Waals surface area contributed by atoms with Gasteiger partial charge in [0.2, 0.25) is 0 Å². The third-order valence-electron chi connectivity index (χ3n) is 4.61. The molecule has 4 rings (SSSR count). The monoisotopic (exact) mass is 355 g/mol. The van der Waals surface area contributed by atoms with Crippen LogP contribution in [0.3, 0.4) is 0 Å². The first-order valence-corrected chi connectivity index (χ1v) is 8.75. The van der Waals surface area contributed by atoms with Crippen LogP contribution in [0.15, 0.2) is 60.8 Å². The van der Waals surface area contributed by atoms with Crippen LogP contribution in [0.4, 0.5) is 0 Å². The van der Waals surface area contributed by atoms with Gasteiger partial charge in [-0.25, -0.2) is 9.78 Å². The van der Waals surface area contributed by atoms with Gasteiger partial charge in [-0.3, -0.25) is 0 Å². The van der Waals surface area contributed by atoms with E-state index in [1.807, 2.05) is 48.5 Å². The molecule has 0 atom stereocenters. The van der Waals surface area contributed by atoms with Crippen molar-refractivity contribution in [1.29, 1.82) is 5.26 Å². The fourth-order valence-corrected chi connectivity index (χ4v) is 3.37. The smallest absolute Gasteiger partial charge is 0.356 e. The van der Waals surface area contributed by atoms with Crippen molar-refractivity contribution in [2.45, 2.75) is 13.5 Å². The SMILES string of the molecule is CCOC(=O)c1cc2c3ccccc3n(Cc3ccccc3C#N)c2cn1. The molecular formula is C22H17N3O2. The highest BCUT2D eigenvalue weighted by Gasteiger charge is 2.16. The number of hydrogen-bond donors (Lipinski definition) is 0. The molecule has 0 saturated carbocycles. The molecule has 0 radical (unpaired) electrons. The van der Waals surface area contributed by atoms with Crippen LogP contribution in [0.2, 0.25) is 0 Å². The molecule has 0 N–H and O–H groups in total. The van der Waals surface area contributed by atoms with E-state index in [1.54, 1.807) is 19.2 Å². The molecule has 0 bridgehead atoms. The van der Waals surface area contributed by atoms with E-state index in [-0.39, 0.29) is 0 Å². The van der Waals surface area contributed by atoms with Gasteiger partial charge in [-0.15, -0.1) is 0 Å². The quantitative estimate of drug-likeness (QED) is 0.512. The molecule has 5 heteroatoms. The first-order chi connectivity index (χ1) is 13.2. The predicted octanol–water partition coefficient (Wildman–Crippen LogP) is 4.29. The van der Waals surface area contributed by atoms with E-state index < -0.39 is 5.97 Å². The summed E-state index contributed by atoms with van der Waals surface area (Å²) in [6, 6.07) is 19.6. The van der Waals surface area contributed by atoms with Crippen LogP contribution in [-0.4, -0.2) is 22.1 Å². The van der Waals surface area contributed by atoms with Crippen LogP contribution in [0.25, 0.3) is 21.8 Å². The molecule has 0 fully saturated rings. The summed E-state index contributed by atoms with van der Waals surface area (Å²) in [5.41, 5.74) is 3.83. The average Bonchev–Trinajstić information content (AvgIpc) is 3.02. The number of hydrogen-bond acceptors (Lipinski definition) is 4. The van der Waals surface area contributed by atoms with Crippen molar-refractivity contribution in [1.82, 2.24) is 9.55 Å². The zero-order valence-corrected chi connectivity index (χ0v) is 14.8. The Morgan fingerprint density at radius 3 is 2.70 bits per heavy atom. The maximum atomic E-state index is 12.1. The largest absolute Gasteiger partial charge is 0.461 e. The molecule has 0 aliphatic rings. The fourth-order valence-electron chi connectivity index (χ4n) is 3.37. The molecule has 0 aliphatic carbocycles. The van der Waals surface area contributed by atoms with Gasteiger partial charge in [0.25, 0.3) is 0 Å². The predicted molar refractivity (Wildman–Crippen MR) is 103 cm³/mol. The zero-order chi connectivity index (χ0) is 18.8. The molecule has 0 unspecified atom stereocenters. The van der Waals surface area contributed by atoms with Gasteiger partial charge in [0, 0.05) is 22.8 Å². The second kappa shape index (κ2) is 6.93. The van der Waals surface area contributed by atoms with E-state index in [0.717, 1.165) is 27.4 Å². The lowest BCUT2D eigenvalue weighted by Gasteiger charge is -2.09. The molecule has 4 aromatic rings. The number of carbonyl (C=O) groups is 1. The molecule has 0 saturated heterocycles. The molecule has 132 valence electrons. The highest BCUT2D eigenvalue weighted by molar-refractivity contribution is 6.09. The number of para-hydroxylation sites is 1. The Morgan fingerprint density at radius 1 is 1.11 bits per heavy atom. The Labute approximate surface area is 156 Å². The minimum Gasteiger partial charge on any atom is -0.461 e. The normalized spacial score (nSPS) is 10.8. The number of rotatable bonds is 4. The Kier molecular flexibility index (Phi) is 4.31. The Hall–Kier alpha value is -3.65. The van der Waals surface area contributed by atoms with Gasteiger partial charge in [0.05, 0.1) is 30.0 Å². The van der Waals surface area contributed by atoms with Gasteiger partial charge in [0.1, 0.15) is 5.69 Å². The summed E-state index contributed by atoms with van der Waals surface area (Å²) in [5, 5.41) is 11.4. The van der Waals surface area contributed by atoms with E-state index in [0.29, 0.717) is 24.4 Å². The maximum Gasteiger partial charge on any atom is 0.356 e. The van der Waals surface area contributed by atoms with E-state index in [9.17, 15) is 10.1 Å². The number of pyridine rings is 1. The first kappa shape index (κ1) is 16.8. The van der Waals surface area contributed by atoms with Gasteiger partial charge in [-0.2, -0.15) is 5.26 Å². The highest BCUT2D eigenvalue weighted by Crippen LogP contribution is 2.30. The molecule has 0 spiro atoms. The minimum atomic E-state index is -0.425. The molecule has 5 nitrogen and oxygen atoms in total. The van der Waals surface area contributed by atoms with E-state index in [2.05, 4.69) is 15.6 Å². The molecule has 27 heavy (non-hydrogen) atoms. The number of ether oxygens (including phenoxy) is 1. The van der Waals surface area contributed by atoms with Crippen molar-refractivity contribution in [3.8, 4) is 6.07 Å². The van der Waals surface area contributed by atoms with E-state index in [4.69, 9.17) is 4.74 Å². The van der Waals surface area contributed by atoms with Gasteiger partial charge in [0.15, 0.2) is 0 Å². The van der Waals surface area contributed by atoms with Crippen LogP contribution >= 0.6 is 0 Å². The number of benzene rings is 2. The summed E-state index contributed by atoms with van der Waals surface area (Å²) in [5.74, 6) is -0.425. The van der Waals surface area contributed by atoms with Crippen LogP contribution in [0.5, 0.6) is 0 Å². The number of nitrogens with zero attached hydrogens (tertiary/aromatic N) is 3. The number of aromatic nitrogens is 2. The van der Waals surface area contributed by atoms with Crippen molar-refractivity contribution in [2.24, 2.45) is 0 Å². The molecule has 2 aromatic heterocycles. The summed E-state index contributed by atoms with van der Waals surface area (Å²) in [4.78, 5) is 16.4. The van der Waals surface area contributed by atoms with Gasteiger partial charge in [-0.05, 0) is 30.7 Å². The lowest BCUT2D eigenvalue weighted by atomic mass is 10.1. The van der Waals surface area contributed by atoms with Gasteiger partial charge in [-0.1, -0.05) is 36.4 Å². The summed E-state index contributed by atoms with van der Waals surface area (Å²) in [7, 11) is 0. The second-order valence-corrected chi connectivity index (χ2v) is 6.18. The van der Waals surface area contributed by atoms with Crippen LogP contribution in [-0.2, 0) is 11.3 Å². The fraction of sp³-hybridized carbons (Fsp3) is 0.136. The summed E-state index contributed by atoms with van der Waals surface area (Å²) >= 11 is 0. The van der Waals surface area contributed by atoms with Crippen molar-refractivity contribution in [3.63, 3.8) is 0 Å². The van der Waals surface area contributed by atoms with Gasteiger partial charge >= 0.3 is 5.97 Å². The molecule has 2 aromatic carbocycles. The van der Waals surface area contributed by atoms with E-state index in [1.165, 1.54) is 0 Å². The number of fused-ring (bicyclic) bond motifs is 3. The Balaban J connectivity index is 1.92. The highest BCUT2D eigenvalue weighted by atomic mass is 16.5. The van der Waals surface area contributed by atoms with Crippen LogP contribution < -0.4 is 0 Å². The maximum absolute atomic E-state index is 12.1. The van der Waals surface area contributed by atoms with Gasteiger partial charge < -0.3 is 9.30 Å². The zero-order valence-electron chi connectivity index (χ0n) is 14.8. The second-order valence-electron chi connectivity index (χ2n) is 6.18. The van der Waals surface area contributed by atoms with E-state index >= 15 is 0 Å². The lowest BCUT2D eigenvalue weighted by Crippen LogP contribution is -2.07. The number of nitriles is 1. The average molecular weight is 355 g/mol. The van der Waals surface area contributed by atoms with Crippen molar-refractivity contribution in [2.75, 3.05) is 6.61 Å². The third-order valence-corrected chi connectivity index (χ3v) is 4.61.